The maximum atomic E-state index is 8.60. The van der Waals surface area contributed by atoms with E-state index in [4.69, 9.17) is 16.2 Å². The number of nitrogens with one attached hydrogen (secondary N) is 1. The Hall–Kier alpha value is -1.00. The Morgan fingerprint density at radius 3 is 2.50 bits per heavy atom. The highest BCUT2D eigenvalue weighted by molar-refractivity contribution is 7.98. The molecule has 1 aromatic rings. The molecule has 1 rings (SSSR count). The molecule has 0 fully saturated rings. The lowest BCUT2D eigenvalue weighted by Crippen LogP contribution is -2.10. The standard InChI is InChI=1S/C10H14N2OS/c11-10(12)9-3-1-8(2-4-9)7-14-6-5-13/h1-4,13H,5-7H2,(H3,11,12). The van der Waals surface area contributed by atoms with Crippen molar-refractivity contribution < 1.29 is 5.11 Å². The van der Waals surface area contributed by atoms with Crippen molar-refractivity contribution in [1.29, 1.82) is 5.41 Å². The second-order valence-corrected chi connectivity index (χ2v) is 3.99. The number of aliphatic hydroxyl groups is 1. The fraction of sp³-hybridized carbons (Fsp3) is 0.300. The summed E-state index contributed by atoms with van der Waals surface area (Å²) < 4.78 is 0. The van der Waals surface area contributed by atoms with Gasteiger partial charge in [-0.25, -0.2) is 0 Å². The van der Waals surface area contributed by atoms with E-state index in [1.54, 1.807) is 11.8 Å². The molecule has 0 heterocycles. The molecule has 0 saturated heterocycles. The summed E-state index contributed by atoms with van der Waals surface area (Å²) in [6, 6.07) is 7.61. The van der Waals surface area contributed by atoms with Gasteiger partial charge in [0, 0.05) is 17.1 Å². The quantitative estimate of drug-likeness (QED) is 0.388. The number of aliphatic hydroxyl groups excluding tert-OH is 1. The molecule has 0 bridgehead atoms. The van der Waals surface area contributed by atoms with Crippen molar-refractivity contribution in [1.82, 2.24) is 0 Å². The molecule has 0 radical (unpaired) electrons. The van der Waals surface area contributed by atoms with Crippen LogP contribution in [0.4, 0.5) is 0 Å². The Labute approximate surface area is 87.8 Å². The smallest absolute Gasteiger partial charge is 0.122 e. The van der Waals surface area contributed by atoms with Crippen LogP contribution < -0.4 is 5.73 Å². The van der Waals surface area contributed by atoms with Crippen LogP contribution in [0.1, 0.15) is 11.1 Å². The Kier molecular flexibility index (Phi) is 4.49. The molecule has 0 aliphatic rings. The molecule has 0 amide bonds. The molecule has 0 aliphatic carbocycles. The summed E-state index contributed by atoms with van der Waals surface area (Å²) in [4.78, 5) is 0. The van der Waals surface area contributed by atoms with E-state index in [1.165, 1.54) is 5.56 Å². The number of hydrogen-bond acceptors (Lipinski definition) is 3. The van der Waals surface area contributed by atoms with Crippen molar-refractivity contribution in [2.75, 3.05) is 12.4 Å². The zero-order valence-electron chi connectivity index (χ0n) is 7.86. The molecular weight excluding hydrogens is 196 g/mol. The second kappa shape index (κ2) is 5.67. The summed E-state index contributed by atoms with van der Waals surface area (Å²) in [5.74, 6) is 1.74. The van der Waals surface area contributed by atoms with E-state index in [2.05, 4.69) is 0 Å². The summed E-state index contributed by atoms with van der Waals surface area (Å²) in [6.07, 6.45) is 0. The molecule has 0 unspecified atom stereocenters. The molecule has 3 nitrogen and oxygen atoms in total. The minimum absolute atomic E-state index is 0.0968. The van der Waals surface area contributed by atoms with E-state index < -0.39 is 0 Å². The van der Waals surface area contributed by atoms with Crippen LogP contribution in [-0.4, -0.2) is 23.3 Å². The highest BCUT2D eigenvalue weighted by atomic mass is 32.2. The van der Waals surface area contributed by atoms with E-state index in [-0.39, 0.29) is 12.4 Å². The predicted molar refractivity (Wildman–Crippen MR) is 60.7 cm³/mol. The number of thioether (sulfide) groups is 1. The van der Waals surface area contributed by atoms with Crippen LogP contribution >= 0.6 is 11.8 Å². The number of amidine groups is 1. The van der Waals surface area contributed by atoms with Gasteiger partial charge in [0.25, 0.3) is 0 Å². The normalized spacial score (nSPS) is 10.1. The lowest BCUT2D eigenvalue weighted by atomic mass is 10.1. The predicted octanol–water partition coefficient (Wildman–Crippen LogP) is 1.20. The van der Waals surface area contributed by atoms with Crippen molar-refractivity contribution in [2.24, 2.45) is 5.73 Å². The van der Waals surface area contributed by atoms with E-state index in [9.17, 15) is 0 Å². The number of rotatable bonds is 5. The topological polar surface area (TPSA) is 70.1 Å². The van der Waals surface area contributed by atoms with Gasteiger partial charge < -0.3 is 10.8 Å². The molecule has 4 N–H and O–H groups in total. The van der Waals surface area contributed by atoms with Gasteiger partial charge in [-0.15, -0.1) is 0 Å². The number of nitrogen functional groups attached to an aromatic ring is 1. The highest BCUT2D eigenvalue weighted by Crippen LogP contribution is 2.12. The first kappa shape index (κ1) is 11.1. The Balaban J connectivity index is 2.51. The molecule has 14 heavy (non-hydrogen) atoms. The molecule has 0 saturated carbocycles. The van der Waals surface area contributed by atoms with Crippen LogP contribution in [0.25, 0.3) is 0 Å². The minimum atomic E-state index is 0.0968. The second-order valence-electron chi connectivity index (χ2n) is 2.89. The molecule has 0 aromatic heterocycles. The fourth-order valence-corrected chi connectivity index (χ4v) is 1.74. The van der Waals surface area contributed by atoms with E-state index in [1.807, 2.05) is 24.3 Å². The van der Waals surface area contributed by atoms with Gasteiger partial charge in [0.1, 0.15) is 5.84 Å². The van der Waals surface area contributed by atoms with Crippen molar-refractivity contribution >= 4 is 17.6 Å². The van der Waals surface area contributed by atoms with Crippen molar-refractivity contribution in [3.63, 3.8) is 0 Å². The molecule has 0 aliphatic heterocycles. The summed E-state index contributed by atoms with van der Waals surface area (Å²) in [7, 11) is 0. The largest absolute Gasteiger partial charge is 0.396 e. The van der Waals surface area contributed by atoms with Gasteiger partial charge in [-0.05, 0) is 5.56 Å². The Morgan fingerprint density at radius 1 is 1.36 bits per heavy atom. The van der Waals surface area contributed by atoms with Crippen LogP contribution in [0, 0.1) is 5.41 Å². The third-order valence-electron chi connectivity index (χ3n) is 1.77. The first-order valence-electron chi connectivity index (χ1n) is 4.36. The third kappa shape index (κ3) is 3.40. The molecule has 1 aromatic carbocycles. The van der Waals surface area contributed by atoms with Crippen LogP contribution in [-0.2, 0) is 5.75 Å². The lowest BCUT2D eigenvalue weighted by molar-refractivity contribution is 0.322. The van der Waals surface area contributed by atoms with Crippen LogP contribution in [0.15, 0.2) is 24.3 Å². The van der Waals surface area contributed by atoms with Crippen LogP contribution in [0.2, 0.25) is 0 Å². The van der Waals surface area contributed by atoms with Gasteiger partial charge in [-0.2, -0.15) is 11.8 Å². The number of hydrogen-bond donors (Lipinski definition) is 3. The minimum Gasteiger partial charge on any atom is -0.396 e. The number of nitrogens with two attached hydrogens (primary N) is 1. The van der Waals surface area contributed by atoms with Crippen molar-refractivity contribution in [3.05, 3.63) is 35.4 Å². The Morgan fingerprint density at radius 2 is 2.00 bits per heavy atom. The first-order valence-corrected chi connectivity index (χ1v) is 5.51. The van der Waals surface area contributed by atoms with Crippen molar-refractivity contribution in [2.45, 2.75) is 5.75 Å². The maximum absolute atomic E-state index is 8.60. The maximum Gasteiger partial charge on any atom is 0.122 e. The summed E-state index contributed by atoms with van der Waals surface area (Å²) in [5, 5.41) is 15.8. The molecule has 76 valence electrons. The summed E-state index contributed by atoms with van der Waals surface area (Å²) in [6.45, 7) is 0.218. The molecule has 0 spiro atoms. The van der Waals surface area contributed by atoms with Gasteiger partial charge in [0.2, 0.25) is 0 Å². The molecule has 0 atom stereocenters. The van der Waals surface area contributed by atoms with E-state index in [0.29, 0.717) is 0 Å². The summed E-state index contributed by atoms with van der Waals surface area (Å²) >= 11 is 1.69. The Bertz CT molecular complexity index is 297. The highest BCUT2D eigenvalue weighted by Gasteiger charge is 1.96. The van der Waals surface area contributed by atoms with Gasteiger partial charge in [0.05, 0.1) is 6.61 Å². The number of benzene rings is 1. The van der Waals surface area contributed by atoms with Gasteiger partial charge in [0.15, 0.2) is 0 Å². The lowest BCUT2D eigenvalue weighted by Gasteiger charge is -2.02. The third-order valence-corrected chi connectivity index (χ3v) is 2.78. The van der Waals surface area contributed by atoms with Crippen LogP contribution in [0.5, 0.6) is 0 Å². The zero-order valence-corrected chi connectivity index (χ0v) is 8.68. The van der Waals surface area contributed by atoms with Crippen LogP contribution in [0.3, 0.4) is 0 Å². The average molecular weight is 210 g/mol. The SMILES string of the molecule is N=C(N)c1ccc(CSCCO)cc1. The van der Waals surface area contributed by atoms with Gasteiger partial charge in [-0.1, -0.05) is 24.3 Å². The van der Waals surface area contributed by atoms with Gasteiger partial charge in [-0.3, -0.25) is 5.41 Å². The molecular formula is C10H14N2OS. The average Bonchev–Trinajstić information content (AvgIpc) is 2.19. The van der Waals surface area contributed by atoms with Crippen molar-refractivity contribution in [3.8, 4) is 0 Å². The van der Waals surface area contributed by atoms with E-state index in [0.717, 1.165) is 17.1 Å². The van der Waals surface area contributed by atoms with E-state index >= 15 is 0 Å². The zero-order chi connectivity index (χ0) is 10.4. The monoisotopic (exact) mass is 210 g/mol. The fourth-order valence-electron chi connectivity index (χ4n) is 1.04. The molecule has 4 heteroatoms. The summed E-state index contributed by atoms with van der Waals surface area (Å²) in [5.41, 5.74) is 7.27. The first-order chi connectivity index (χ1) is 6.74. The van der Waals surface area contributed by atoms with Gasteiger partial charge >= 0.3 is 0 Å².